The SMILES string of the molecule is c1ccc(PCCCP(c2ccccc2)c2ccc(-c3ccccc3)cc2)cc1. The highest BCUT2D eigenvalue weighted by Crippen LogP contribution is 2.35. The van der Waals surface area contributed by atoms with Crippen LogP contribution < -0.4 is 15.9 Å². The largest absolute Gasteiger partial charge is 0.0904 e. The zero-order chi connectivity index (χ0) is 19.7. The maximum absolute atomic E-state index is 2.35. The van der Waals surface area contributed by atoms with Crippen molar-refractivity contribution in [2.45, 2.75) is 6.42 Å². The van der Waals surface area contributed by atoms with Gasteiger partial charge in [0.05, 0.1) is 0 Å². The van der Waals surface area contributed by atoms with Crippen LogP contribution in [0.3, 0.4) is 0 Å². The van der Waals surface area contributed by atoms with Crippen LogP contribution in [0.2, 0.25) is 0 Å². The smallest absolute Gasteiger partial charge is 0.0184 e. The van der Waals surface area contributed by atoms with Gasteiger partial charge in [0.25, 0.3) is 0 Å². The Morgan fingerprint density at radius 3 is 1.69 bits per heavy atom. The van der Waals surface area contributed by atoms with Gasteiger partial charge in [-0.1, -0.05) is 124 Å². The zero-order valence-electron chi connectivity index (χ0n) is 16.5. The lowest BCUT2D eigenvalue weighted by molar-refractivity contribution is 1.12. The summed E-state index contributed by atoms with van der Waals surface area (Å²) in [6.07, 6.45) is 3.80. The Hall–Kier alpha value is -2.26. The van der Waals surface area contributed by atoms with Gasteiger partial charge < -0.3 is 0 Å². The van der Waals surface area contributed by atoms with Gasteiger partial charge in [0, 0.05) is 0 Å². The summed E-state index contributed by atoms with van der Waals surface area (Å²) in [5, 5.41) is 4.44. The van der Waals surface area contributed by atoms with E-state index in [1.165, 1.54) is 45.8 Å². The van der Waals surface area contributed by atoms with Gasteiger partial charge in [-0.25, -0.2) is 0 Å². The number of hydrogen-bond donors (Lipinski definition) is 0. The topological polar surface area (TPSA) is 0 Å². The van der Waals surface area contributed by atoms with Crippen molar-refractivity contribution < 1.29 is 0 Å². The van der Waals surface area contributed by atoms with Crippen LogP contribution in [0.1, 0.15) is 6.42 Å². The van der Waals surface area contributed by atoms with Crippen molar-refractivity contribution in [3.05, 3.63) is 115 Å². The number of benzene rings is 4. The Kier molecular flexibility index (Phi) is 7.25. The van der Waals surface area contributed by atoms with Crippen LogP contribution in [0.4, 0.5) is 0 Å². The first kappa shape index (κ1) is 20.0. The Balaban J connectivity index is 1.47. The summed E-state index contributed by atoms with van der Waals surface area (Å²) in [4.78, 5) is 0. The lowest BCUT2D eigenvalue weighted by Crippen LogP contribution is -2.14. The van der Waals surface area contributed by atoms with Crippen LogP contribution in [0.25, 0.3) is 11.1 Å². The summed E-state index contributed by atoms with van der Waals surface area (Å²) in [5.74, 6) is 0. The van der Waals surface area contributed by atoms with Gasteiger partial charge in [-0.05, 0) is 53.7 Å². The fourth-order valence-corrected chi connectivity index (χ4v) is 7.20. The molecule has 2 heteroatoms. The van der Waals surface area contributed by atoms with E-state index in [1.54, 1.807) is 0 Å². The van der Waals surface area contributed by atoms with Gasteiger partial charge in [-0.2, -0.15) is 0 Å². The second-order valence-corrected chi connectivity index (χ2v) is 10.8. The molecule has 0 nitrogen and oxygen atoms in total. The lowest BCUT2D eigenvalue weighted by Gasteiger charge is -2.19. The Bertz CT molecular complexity index is 981. The van der Waals surface area contributed by atoms with Gasteiger partial charge in [0.1, 0.15) is 0 Å². The molecule has 4 aromatic rings. The molecule has 0 radical (unpaired) electrons. The van der Waals surface area contributed by atoms with Crippen molar-refractivity contribution in [2.75, 3.05) is 12.3 Å². The van der Waals surface area contributed by atoms with E-state index in [9.17, 15) is 0 Å². The second kappa shape index (κ2) is 10.5. The molecular formula is C27H26P2. The van der Waals surface area contributed by atoms with E-state index in [1.807, 2.05) is 0 Å². The normalized spacial score (nSPS) is 12.3. The first-order chi connectivity index (χ1) is 14.4. The molecule has 144 valence electrons. The second-order valence-electron chi connectivity index (χ2n) is 7.05. The maximum Gasteiger partial charge on any atom is -0.0184 e. The summed E-state index contributed by atoms with van der Waals surface area (Å²) in [6.45, 7) is 0. The first-order valence-corrected chi connectivity index (χ1v) is 12.9. The van der Waals surface area contributed by atoms with Gasteiger partial charge >= 0.3 is 0 Å². The highest BCUT2D eigenvalue weighted by atomic mass is 31.1. The molecule has 2 atom stereocenters. The van der Waals surface area contributed by atoms with E-state index in [0.29, 0.717) is 0 Å². The third kappa shape index (κ3) is 5.63. The molecule has 29 heavy (non-hydrogen) atoms. The minimum atomic E-state index is -0.308. The van der Waals surface area contributed by atoms with Crippen molar-refractivity contribution in [1.82, 2.24) is 0 Å². The minimum Gasteiger partial charge on any atom is -0.0904 e. The van der Waals surface area contributed by atoms with E-state index in [-0.39, 0.29) is 7.92 Å². The number of rotatable bonds is 8. The van der Waals surface area contributed by atoms with E-state index in [4.69, 9.17) is 0 Å². The van der Waals surface area contributed by atoms with Crippen LogP contribution in [0.15, 0.2) is 115 Å². The Morgan fingerprint density at radius 1 is 0.517 bits per heavy atom. The molecule has 0 aliphatic carbocycles. The van der Waals surface area contributed by atoms with E-state index in [2.05, 4.69) is 115 Å². The third-order valence-corrected chi connectivity index (χ3v) is 8.97. The highest BCUT2D eigenvalue weighted by Gasteiger charge is 2.13. The van der Waals surface area contributed by atoms with Gasteiger partial charge in [-0.15, -0.1) is 0 Å². The predicted octanol–water partition coefficient (Wildman–Crippen LogP) is 6.18. The molecule has 0 amide bonds. The molecule has 0 saturated carbocycles. The van der Waals surface area contributed by atoms with Crippen molar-refractivity contribution in [3.63, 3.8) is 0 Å². The maximum atomic E-state index is 2.35. The molecule has 0 fully saturated rings. The Morgan fingerprint density at radius 2 is 1.03 bits per heavy atom. The van der Waals surface area contributed by atoms with E-state index in [0.717, 1.165) is 8.58 Å². The summed E-state index contributed by atoms with van der Waals surface area (Å²) in [5.41, 5.74) is 2.58. The quantitative estimate of drug-likeness (QED) is 0.239. The van der Waals surface area contributed by atoms with Crippen LogP contribution in [0, 0.1) is 0 Å². The summed E-state index contributed by atoms with van der Waals surface area (Å²) >= 11 is 0. The predicted molar refractivity (Wildman–Crippen MR) is 133 cm³/mol. The first-order valence-electron chi connectivity index (χ1n) is 10.2. The summed E-state index contributed by atoms with van der Waals surface area (Å²) < 4.78 is 0. The Labute approximate surface area is 177 Å². The molecule has 0 N–H and O–H groups in total. The molecule has 4 rings (SSSR count). The molecule has 0 aromatic heterocycles. The third-order valence-electron chi connectivity index (χ3n) is 5.02. The molecule has 0 aliphatic heterocycles. The molecule has 4 aromatic carbocycles. The van der Waals surface area contributed by atoms with Crippen molar-refractivity contribution >= 4 is 32.4 Å². The minimum absolute atomic E-state index is 0.308. The van der Waals surface area contributed by atoms with E-state index < -0.39 is 0 Å². The average molecular weight is 412 g/mol. The van der Waals surface area contributed by atoms with Crippen LogP contribution in [-0.4, -0.2) is 12.3 Å². The van der Waals surface area contributed by atoms with Crippen molar-refractivity contribution in [1.29, 1.82) is 0 Å². The fraction of sp³-hybridized carbons (Fsp3) is 0.111. The van der Waals surface area contributed by atoms with Gasteiger partial charge in [-0.3, -0.25) is 0 Å². The molecule has 0 aliphatic rings. The number of hydrogen-bond acceptors (Lipinski definition) is 0. The van der Waals surface area contributed by atoms with Gasteiger partial charge in [0.2, 0.25) is 0 Å². The van der Waals surface area contributed by atoms with Gasteiger partial charge in [0.15, 0.2) is 0 Å². The van der Waals surface area contributed by atoms with Crippen LogP contribution in [0.5, 0.6) is 0 Å². The molecule has 0 spiro atoms. The average Bonchev–Trinajstić information content (AvgIpc) is 2.81. The summed E-state index contributed by atoms with van der Waals surface area (Å²) in [7, 11) is 0.601. The standard InChI is InChI=1S/C27H26P2/c1-4-11-23(12-5-1)24-17-19-27(20-18-24)29(26-15-8-3-9-16-26)22-10-21-28-25-13-6-2-7-14-25/h1-9,11-20,28H,10,21-22H2. The molecule has 0 saturated heterocycles. The summed E-state index contributed by atoms with van der Waals surface area (Å²) in [6, 6.07) is 41.9. The lowest BCUT2D eigenvalue weighted by atomic mass is 10.1. The van der Waals surface area contributed by atoms with Crippen molar-refractivity contribution in [3.8, 4) is 11.1 Å². The molecule has 0 bridgehead atoms. The molecule has 0 heterocycles. The fourth-order valence-electron chi connectivity index (χ4n) is 3.51. The monoisotopic (exact) mass is 412 g/mol. The van der Waals surface area contributed by atoms with Crippen LogP contribution in [-0.2, 0) is 0 Å². The molecule has 2 unspecified atom stereocenters. The zero-order valence-corrected chi connectivity index (χ0v) is 18.4. The highest BCUT2D eigenvalue weighted by molar-refractivity contribution is 7.73. The van der Waals surface area contributed by atoms with E-state index >= 15 is 0 Å². The van der Waals surface area contributed by atoms with Crippen molar-refractivity contribution in [2.24, 2.45) is 0 Å². The molecular weight excluding hydrogens is 386 g/mol. The van der Waals surface area contributed by atoms with Crippen LogP contribution >= 0.6 is 16.5 Å².